The molecule has 0 bridgehead atoms. The number of nitrogens with one attached hydrogen (secondary N) is 3. The van der Waals surface area contributed by atoms with Gasteiger partial charge in [0.2, 0.25) is 5.56 Å². The van der Waals surface area contributed by atoms with E-state index in [4.69, 9.17) is 4.74 Å². The zero-order chi connectivity index (χ0) is 31.1. The Morgan fingerprint density at radius 3 is 2.53 bits per heavy atom. The summed E-state index contributed by atoms with van der Waals surface area (Å²) in [6.07, 6.45) is -1.40. The van der Waals surface area contributed by atoms with Gasteiger partial charge in [-0.2, -0.15) is 13.2 Å². The quantitative estimate of drug-likeness (QED) is 0.379. The Kier molecular flexibility index (Phi) is 8.29. The Morgan fingerprint density at radius 2 is 1.88 bits per heavy atom. The Bertz CT molecular complexity index is 1560. The van der Waals surface area contributed by atoms with E-state index in [-0.39, 0.29) is 23.4 Å². The van der Waals surface area contributed by atoms with Gasteiger partial charge in [0.1, 0.15) is 11.4 Å². The number of H-pyrrole nitrogens is 1. The van der Waals surface area contributed by atoms with Crippen molar-refractivity contribution in [2.45, 2.75) is 44.7 Å². The summed E-state index contributed by atoms with van der Waals surface area (Å²) < 4.78 is 62.9. The second-order valence-electron chi connectivity index (χ2n) is 11.3. The van der Waals surface area contributed by atoms with E-state index in [1.807, 2.05) is 32.7 Å². The molecule has 43 heavy (non-hydrogen) atoms. The van der Waals surface area contributed by atoms with Gasteiger partial charge in [-0.3, -0.25) is 9.59 Å². The molecule has 14 heteroatoms. The van der Waals surface area contributed by atoms with E-state index in [0.717, 1.165) is 6.20 Å². The number of likely N-dealkylation sites (N-methyl/N-ethyl adjacent to an activating group) is 1. The van der Waals surface area contributed by atoms with Crippen molar-refractivity contribution in [1.82, 2.24) is 25.2 Å². The van der Waals surface area contributed by atoms with Gasteiger partial charge in [-0.15, -0.1) is 0 Å². The Labute approximate surface area is 245 Å². The third kappa shape index (κ3) is 6.40. The lowest BCUT2D eigenvalue weighted by Gasteiger charge is -2.39. The molecule has 0 spiro atoms. The molecule has 2 fully saturated rings. The van der Waals surface area contributed by atoms with Crippen molar-refractivity contribution in [1.29, 1.82) is 0 Å². The minimum absolute atomic E-state index is 0.0477. The molecule has 2 aromatic heterocycles. The maximum absolute atomic E-state index is 15.7. The van der Waals surface area contributed by atoms with Crippen LogP contribution in [0, 0.1) is 5.82 Å². The molecule has 10 nitrogen and oxygen atoms in total. The van der Waals surface area contributed by atoms with Gasteiger partial charge >= 0.3 is 6.18 Å². The van der Waals surface area contributed by atoms with Crippen LogP contribution in [0.1, 0.15) is 42.5 Å². The molecular weight excluding hydrogens is 570 g/mol. The average molecular weight is 604 g/mol. The topological polar surface area (TPSA) is 115 Å². The smallest absolute Gasteiger partial charge is 0.367 e. The van der Waals surface area contributed by atoms with Gasteiger partial charge in [0.15, 0.2) is 5.82 Å². The van der Waals surface area contributed by atoms with Crippen molar-refractivity contribution in [2.24, 2.45) is 0 Å². The summed E-state index contributed by atoms with van der Waals surface area (Å²) in [7, 11) is 1.96. The van der Waals surface area contributed by atoms with E-state index in [1.54, 1.807) is 0 Å². The van der Waals surface area contributed by atoms with Gasteiger partial charge in [0.05, 0.1) is 28.6 Å². The van der Waals surface area contributed by atoms with Crippen LogP contribution in [0.4, 0.5) is 28.9 Å². The molecule has 1 unspecified atom stereocenters. The molecule has 0 saturated carbocycles. The zero-order valence-electron chi connectivity index (χ0n) is 24.2. The minimum Gasteiger partial charge on any atom is -0.367 e. The molecule has 1 aromatic carbocycles. The normalized spacial score (nSPS) is 23.3. The minimum atomic E-state index is -4.95. The van der Waals surface area contributed by atoms with Crippen LogP contribution in [-0.4, -0.2) is 77.7 Å². The maximum atomic E-state index is 15.7. The Balaban J connectivity index is 1.54. The number of piperazine rings is 1. The fraction of sp³-hybridized carbons (Fsp3) is 0.448. The summed E-state index contributed by atoms with van der Waals surface area (Å²) in [6.45, 7) is 8.61. The summed E-state index contributed by atoms with van der Waals surface area (Å²) in [5.74, 6) is -1.32. The van der Waals surface area contributed by atoms with Crippen molar-refractivity contribution in [3.05, 3.63) is 69.9 Å². The number of carbonyl (C=O) groups excluding carboxylic acids is 1. The zero-order valence-corrected chi connectivity index (χ0v) is 24.2. The first-order chi connectivity index (χ1) is 20.2. The highest BCUT2D eigenvalue weighted by Crippen LogP contribution is 2.37. The largest absolute Gasteiger partial charge is 0.417 e. The highest BCUT2D eigenvalue weighted by molar-refractivity contribution is 6.07. The first-order valence-electron chi connectivity index (χ1n) is 13.9. The number of benzene rings is 1. The second kappa shape index (κ2) is 11.7. The number of morpholine rings is 1. The van der Waals surface area contributed by atoms with Crippen LogP contribution < -0.4 is 21.1 Å². The van der Waals surface area contributed by atoms with Gasteiger partial charge in [0.25, 0.3) is 5.91 Å². The number of ether oxygens (including phenoxy) is 1. The predicted molar refractivity (Wildman–Crippen MR) is 153 cm³/mol. The summed E-state index contributed by atoms with van der Waals surface area (Å²) in [4.78, 5) is 39.9. The van der Waals surface area contributed by atoms with Crippen LogP contribution in [0.3, 0.4) is 0 Å². The fourth-order valence-electron chi connectivity index (χ4n) is 5.41. The fourth-order valence-corrected chi connectivity index (χ4v) is 5.41. The summed E-state index contributed by atoms with van der Waals surface area (Å²) in [6, 6.07) is 3.05. The van der Waals surface area contributed by atoms with Crippen LogP contribution in [0.5, 0.6) is 0 Å². The summed E-state index contributed by atoms with van der Waals surface area (Å²) in [5, 5.41) is 5.82. The molecule has 3 atom stereocenters. The molecule has 3 N–H and O–H groups in total. The van der Waals surface area contributed by atoms with Crippen LogP contribution in [0.2, 0.25) is 0 Å². The van der Waals surface area contributed by atoms with E-state index in [2.05, 4.69) is 30.5 Å². The molecule has 2 saturated heterocycles. The molecule has 230 valence electrons. The third-order valence-corrected chi connectivity index (χ3v) is 7.90. The number of hydrogen-bond acceptors (Lipinski definition) is 8. The lowest BCUT2D eigenvalue weighted by molar-refractivity contribution is -0.138. The monoisotopic (exact) mass is 603 g/mol. The van der Waals surface area contributed by atoms with Gasteiger partial charge in [-0.1, -0.05) is 0 Å². The van der Waals surface area contributed by atoms with Crippen LogP contribution >= 0.6 is 0 Å². The third-order valence-electron chi connectivity index (χ3n) is 7.90. The number of aromatic nitrogens is 3. The van der Waals surface area contributed by atoms with E-state index in [1.165, 1.54) is 24.5 Å². The van der Waals surface area contributed by atoms with Gasteiger partial charge in [0, 0.05) is 74.5 Å². The van der Waals surface area contributed by atoms with Crippen molar-refractivity contribution in [2.75, 3.05) is 50.0 Å². The van der Waals surface area contributed by atoms with Crippen molar-refractivity contribution >= 4 is 17.3 Å². The highest BCUT2D eigenvalue weighted by atomic mass is 19.4. The second-order valence-corrected chi connectivity index (χ2v) is 11.3. The van der Waals surface area contributed by atoms with Gasteiger partial charge in [-0.25, -0.2) is 14.4 Å². The van der Waals surface area contributed by atoms with E-state index in [9.17, 15) is 22.8 Å². The standard InChI is InChI=1S/C29H33F4N7O3/c1-16-14-40(6-5-39(16)4)24-9-22(30)19(18-11-36-27(37-12-18)28(3)15-34-10-17(2)43-28)7-23(24)38-26(42)20-13-35-25(41)8-21(20)29(31,32)33/h7-9,11-13,16-17,34H,5-6,10,14-15H2,1-4H3,(H,35,41)(H,38,42)/t16?,17-,28+/m1/s1. The molecule has 2 aliphatic heterocycles. The van der Waals surface area contributed by atoms with Crippen molar-refractivity contribution in [3.63, 3.8) is 0 Å². The van der Waals surface area contributed by atoms with Gasteiger partial charge in [-0.05, 0) is 40.0 Å². The first-order valence-corrected chi connectivity index (χ1v) is 13.9. The van der Waals surface area contributed by atoms with Crippen LogP contribution in [0.25, 0.3) is 11.1 Å². The number of pyridine rings is 1. The SMILES string of the molecule is CC1CN(c2cc(F)c(-c3cnc([C@]4(C)CNC[C@@H](C)O4)nc3)cc2NC(=O)c2c[nH]c(=O)cc2C(F)(F)F)CCN1C. The predicted octanol–water partition coefficient (Wildman–Crippen LogP) is 3.61. The summed E-state index contributed by atoms with van der Waals surface area (Å²) in [5.41, 5.74) is -3.18. The average Bonchev–Trinajstić information content (AvgIpc) is 2.94. The molecule has 2 aliphatic rings. The molecule has 4 heterocycles. The highest BCUT2D eigenvalue weighted by Gasteiger charge is 2.37. The number of anilines is 2. The Morgan fingerprint density at radius 1 is 1.16 bits per heavy atom. The van der Waals surface area contributed by atoms with E-state index < -0.39 is 40.2 Å². The Hall–Kier alpha value is -3.88. The number of carbonyl (C=O) groups is 1. The number of halogens is 4. The number of aromatic amines is 1. The van der Waals surface area contributed by atoms with Crippen LogP contribution in [-0.2, 0) is 16.5 Å². The number of alkyl halides is 3. The molecular formula is C29H33F4N7O3. The lowest BCUT2D eigenvalue weighted by atomic mass is 10.0. The first kappa shape index (κ1) is 30.6. The molecule has 0 radical (unpaired) electrons. The number of amides is 1. The number of hydrogen-bond donors (Lipinski definition) is 3. The maximum Gasteiger partial charge on any atom is 0.417 e. The van der Waals surface area contributed by atoms with E-state index >= 15 is 4.39 Å². The summed E-state index contributed by atoms with van der Waals surface area (Å²) >= 11 is 0. The van der Waals surface area contributed by atoms with E-state index in [0.29, 0.717) is 55.9 Å². The molecule has 0 aliphatic carbocycles. The molecule has 3 aromatic rings. The van der Waals surface area contributed by atoms with Crippen LogP contribution in [0.15, 0.2) is 41.6 Å². The number of nitrogens with zero attached hydrogens (tertiary/aromatic N) is 4. The molecule has 5 rings (SSSR count). The lowest BCUT2D eigenvalue weighted by Crippen LogP contribution is -2.50. The van der Waals surface area contributed by atoms with Crippen molar-refractivity contribution < 1.29 is 27.1 Å². The van der Waals surface area contributed by atoms with Crippen molar-refractivity contribution in [3.8, 4) is 11.1 Å². The van der Waals surface area contributed by atoms with Gasteiger partial charge < -0.3 is 30.2 Å². The molecule has 1 amide bonds. The number of rotatable bonds is 5.